The Bertz CT molecular complexity index is 457. The molecule has 0 aliphatic rings. The molecule has 0 aliphatic carbocycles. The third kappa shape index (κ3) is 4.92. The lowest BCUT2D eigenvalue weighted by Crippen LogP contribution is -2.16. The second-order valence-electron chi connectivity index (χ2n) is 5.42. The highest BCUT2D eigenvalue weighted by atomic mass is 16.3. The molecule has 2 heteroatoms. The number of hydrogen-bond donors (Lipinski definition) is 1. The summed E-state index contributed by atoms with van der Waals surface area (Å²) in [4.78, 5) is 0. The van der Waals surface area contributed by atoms with Crippen molar-refractivity contribution in [1.29, 1.82) is 0 Å². The van der Waals surface area contributed by atoms with E-state index < -0.39 is 0 Å². The zero-order valence-electron chi connectivity index (χ0n) is 11.9. The fraction of sp³-hybridized carbons (Fsp3) is 0.412. The minimum Gasteiger partial charge on any atom is -0.469 e. The zero-order chi connectivity index (χ0) is 13.5. The molecule has 2 aromatic rings. The van der Waals surface area contributed by atoms with Gasteiger partial charge in [-0.25, -0.2) is 0 Å². The van der Waals surface area contributed by atoms with Crippen LogP contribution in [0.4, 0.5) is 0 Å². The molecule has 1 aromatic heterocycles. The molecular formula is C17H23NO. The first-order valence-electron chi connectivity index (χ1n) is 7.05. The van der Waals surface area contributed by atoms with Gasteiger partial charge in [0.15, 0.2) is 0 Å². The molecule has 0 saturated heterocycles. The Kier molecular flexibility index (Phi) is 5.22. The van der Waals surface area contributed by atoms with Crippen molar-refractivity contribution in [2.75, 3.05) is 6.54 Å². The van der Waals surface area contributed by atoms with Gasteiger partial charge in [0.2, 0.25) is 0 Å². The molecule has 0 bridgehead atoms. The van der Waals surface area contributed by atoms with E-state index in [9.17, 15) is 0 Å². The van der Waals surface area contributed by atoms with E-state index in [0.29, 0.717) is 0 Å². The van der Waals surface area contributed by atoms with Crippen molar-refractivity contribution in [2.45, 2.75) is 33.2 Å². The van der Waals surface area contributed by atoms with Gasteiger partial charge in [0.1, 0.15) is 5.76 Å². The van der Waals surface area contributed by atoms with Crippen molar-refractivity contribution >= 4 is 0 Å². The molecular weight excluding hydrogens is 234 g/mol. The maximum absolute atomic E-state index is 5.30. The van der Waals surface area contributed by atoms with Crippen LogP contribution < -0.4 is 5.32 Å². The standard InChI is InChI=1S/C17H23NO/c1-14(2)12-15-5-7-16(8-6-15)13-18-10-9-17-4-3-11-19-17/h3-8,11,14,18H,9-10,12-13H2,1-2H3. The summed E-state index contributed by atoms with van der Waals surface area (Å²) < 4.78 is 5.30. The highest BCUT2D eigenvalue weighted by Crippen LogP contribution is 2.09. The van der Waals surface area contributed by atoms with Gasteiger partial charge in [-0.2, -0.15) is 0 Å². The molecule has 1 heterocycles. The smallest absolute Gasteiger partial charge is 0.105 e. The van der Waals surface area contributed by atoms with Gasteiger partial charge >= 0.3 is 0 Å². The summed E-state index contributed by atoms with van der Waals surface area (Å²) >= 11 is 0. The Morgan fingerprint density at radius 2 is 1.79 bits per heavy atom. The van der Waals surface area contributed by atoms with Gasteiger partial charge < -0.3 is 9.73 Å². The first-order chi connectivity index (χ1) is 9.24. The van der Waals surface area contributed by atoms with Crippen LogP contribution in [0.1, 0.15) is 30.7 Å². The molecule has 0 unspecified atom stereocenters. The predicted octanol–water partition coefficient (Wildman–Crippen LogP) is 3.81. The minimum atomic E-state index is 0.720. The first-order valence-corrected chi connectivity index (χ1v) is 7.05. The summed E-state index contributed by atoms with van der Waals surface area (Å²) in [5.74, 6) is 1.76. The summed E-state index contributed by atoms with van der Waals surface area (Å²) in [6.45, 7) is 6.37. The van der Waals surface area contributed by atoms with Crippen molar-refractivity contribution in [3.63, 3.8) is 0 Å². The summed E-state index contributed by atoms with van der Waals surface area (Å²) in [6, 6.07) is 12.9. The number of furan rings is 1. The summed E-state index contributed by atoms with van der Waals surface area (Å²) in [5.41, 5.74) is 2.77. The highest BCUT2D eigenvalue weighted by Gasteiger charge is 1.99. The van der Waals surface area contributed by atoms with Crippen LogP contribution in [0.25, 0.3) is 0 Å². The largest absolute Gasteiger partial charge is 0.469 e. The van der Waals surface area contributed by atoms with Crippen LogP contribution in [0.5, 0.6) is 0 Å². The molecule has 0 spiro atoms. The molecule has 19 heavy (non-hydrogen) atoms. The number of rotatable bonds is 7. The van der Waals surface area contributed by atoms with Crippen molar-refractivity contribution in [3.05, 3.63) is 59.5 Å². The Morgan fingerprint density at radius 1 is 1.05 bits per heavy atom. The van der Waals surface area contributed by atoms with E-state index in [0.717, 1.165) is 37.6 Å². The Balaban J connectivity index is 1.71. The molecule has 0 atom stereocenters. The average Bonchev–Trinajstić information content (AvgIpc) is 2.89. The third-order valence-electron chi connectivity index (χ3n) is 3.12. The maximum atomic E-state index is 5.30. The van der Waals surface area contributed by atoms with E-state index in [4.69, 9.17) is 4.42 Å². The van der Waals surface area contributed by atoms with Gasteiger partial charge in [0.05, 0.1) is 6.26 Å². The minimum absolute atomic E-state index is 0.720. The van der Waals surface area contributed by atoms with Gasteiger partial charge in [0, 0.05) is 19.5 Å². The van der Waals surface area contributed by atoms with Crippen molar-refractivity contribution in [1.82, 2.24) is 5.32 Å². The van der Waals surface area contributed by atoms with Crippen molar-refractivity contribution in [2.24, 2.45) is 5.92 Å². The SMILES string of the molecule is CC(C)Cc1ccc(CNCCc2ccco2)cc1. The lowest BCUT2D eigenvalue weighted by Gasteiger charge is -2.07. The number of nitrogens with one attached hydrogen (secondary N) is 1. The van der Waals surface area contributed by atoms with Crippen molar-refractivity contribution < 1.29 is 4.42 Å². The lowest BCUT2D eigenvalue weighted by atomic mass is 10.0. The van der Waals surface area contributed by atoms with Crippen LogP contribution in [0.3, 0.4) is 0 Å². The van der Waals surface area contributed by atoms with E-state index in [1.54, 1.807) is 6.26 Å². The Hall–Kier alpha value is -1.54. The summed E-state index contributed by atoms with van der Waals surface area (Å²) in [7, 11) is 0. The van der Waals surface area contributed by atoms with E-state index in [-0.39, 0.29) is 0 Å². The molecule has 2 rings (SSSR count). The number of benzene rings is 1. The quantitative estimate of drug-likeness (QED) is 0.763. The zero-order valence-corrected chi connectivity index (χ0v) is 11.9. The molecule has 0 saturated carbocycles. The normalized spacial score (nSPS) is 11.1. The molecule has 1 aromatic carbocycles. The topological polar surface area (TPSA) is 25.2 Å². The highest BCUT2D eigenvalue weighted by molar-refractivity contribution is 5.22. The maximum Gasteiger partial charge on any atom is 0.105 e. The van der Waals surface area contributed by atoms with Gasteiger partial charge in [-0.05, 0) is 35.6 Å². The second kappa shape index (κ2) is 7.15. The van der Waals surface area contributed by atoms with E-state index in [2.05, 4.69) is 43.4 Å². The van der Waals surface area contributed by atoms with Crippen LogP contribution in [-0.2, 0) is 19.4 Å². The Morgan fingerprint density at radius 3 is 2.42 bits per heavy atom. The summed E-state index contributed by atoms with van der Waals surface area (Å²) in [6.07, 6.45) is 3.83. The van der Waals surface area contributed by atoms with Crippen LogP contribution in [0, 0.1) is 5.92 Å². The molecule has 0 aliphatic heterocycles. The molecule has 0 radical (unpaired) electrons. The van der Waals surface area contributed by atoms with E-state index in [1.165, 1.54) is 11.1 Å². The predicted molar refractivity (Wildman–Crippen MR) is 79.1 cm³/mol. The fourth-order valence-electron chi connectivity index (χ4n) is 2.16. The van der Waals surface area contributed by atoms with Gasteiger partial charge in [-0.3, -0.25) is 0 Å². The fourth-order valence-corrected chi connectivity index (χ4v) is 2.16. The van der Waals surface area contributed by atoms with Crippen molar-refractivity contribution in [3.8, 4) is 0 Å². The molecule has 0 amide bonds. The van der Waals surface area contributed by atoms with Crippen LogP contribution in [0.2, 0.25) is 0 Å². The average molecular weight is 257 g/mol. The molecule has 0 fully saturated rings. The van der Waals surface area contributed by atoms with Gasteiger partial charge in [-0.1, -0.05) is 38.1 Å². The van der Waals surface area contributed by atoms with Crippen LogP contribution in [-0.4, -0.2) is 6.54 Å². The monoisotopic (exact) mass is 257 g/mol. The molecule has 102 valence electrons. The molecule has 1 N–H and O–H groups in total. The summed E-state index contributed by atoms with van der Waals surface area (Å²) in [5, 5.41) is 3.44. The molecule has 2 nitrogen and oxygen atoms in total. The Labute approximate surface area is 115 Å². The first kappa shape index (κ1) is 13.9. The van der Waals surface area contributed by atoms with Gasteiger partial charge in [-0.15, -0.1) is 0 Å². The van der Waals surface area contributed by atoms with Crippen LogP contribution in [0.15, 0.2) is 47.1 Å². The lowest BCUT2D eigenvalue weighted by molar-refractivity contribution is 0.499. The second-order valence-corrected chi connectivity index (χ2v) is 5.42. The van der Waals surface area contributed by atoms with E-state index in [1.807, 2.05) is 12.1 Å². The third-order valence-corrected chi connectivity index (χ3v) is 3.12. The number of hydrogen-bond acceptors (Lipinski definition) is 2. The van der Waals surface area contributed by atoms with E-state index >= 15 is 0 Å². The van der Waals surface area contributed by atoms with Crippen LogP contribution >= 0.6 is 0 Å². The van der Waals surface area contributed by atoms with Gasteiger partial charge in [0.25, 0.3) is 0 Å².